The number of aliphatic hydroxyl groups is 1. The number of methoxy groups -OCH3 is 2. The Morgan fingerprint density at radius 3 is 2.56 bits per heavy atom. The Labute approximate surface area is 195 Å². The summed E-state index contributed by atoms with van der Waals surface area (Å²) < 4.78 is 12.6. The number of hydrogen-bond acceptors (Lipinski definition) is 5. The van der Waals surface area contributed by atoms with Gasteiger partial charge in [0.1, 0.15) is 11.5 Å². The Hall–Kier alpha value is -4.30. The Morgan fingerprint density at radius 2 is 1.82 bits per heavy atom. The molecule has 3 aromatic carbocycles. The summed E-state index contributed by atoms with van der Waals surface area (Å²) in [6, 6.07) is 18.8. The van der Waals surface area contributed by atoms with Gasteiger partial charge in [-0.1, -0.05) is 6.07 Å². The van der Waals surface area contributed by atoms with Crippen LogP contribution in [0.2, 0.25) is 0 Å². The van der Waals surface area contributed by atoms with E-state index in [1.165, 1.54) is 0 Å². The first-order valence-electron chi connectivity index (χ1n) is 10.8. The van der Waals surface area contributed by atoms with Gasteiger partial charge in [-0.25, -0.2) is 0 Å². The Bertz CT molecular complexity index is 1480. The number of aliphatic hydroxyl groups excluding tert-OH is 1. The Morgan fingerprint density at radius 1 is 1.03 bits per heavy atom. The second-order valence-corrected chi connectivity index (χ2v) is 7.89. The number of aromatic amines is 1. The first-order chi connectivity index (χ1) is 16.6. The molecule has 0 radical (unpaired) electrons. The van der Waals surface area contributed by atoms with E-state index in [1.54, 1.807) is 32.4 Å². The van der Waals surface area contributed by atoms with E-state index in [0.717, 1.165) is 33.1 Å². The largest absolute Gasteiger partial charge is 0.497 e. The van der Waals surface area contributed by atoms with Gasteiger partial charge in [-0.15, -0.1) is 0 Å². The van der Waals surface area contributed by atoms with Gasteiger partial charge < -0.3 is 24.5 Å². The number of aromatic nitrogens is 3. The Kier molecular flexibility index (Phi) is 5.65. The molecule has 0 atom stereocenters. The standard InChI is InChI=1S/C26H24N4O4/c1-33-20-12-18(13-21(15-20)34-2)26(32)27-19-4-5-23-22(14-19)25(29-28-23)17-3-6-24-16(11-17)7-8-30(24)9-10-31/h3-8,11-15,31H,9-10H2,1-2H3,(H,27,32)(H,28,29). The highest BCUT2D eigenvalue weighted by atomic mass is 16.5. The molecule has 1 amide bonds. The number of amides is 1. The molecule has 0 aliphatic rings. The third-order valence-corrected chi connectivity index (χ3v) is 5.82. The quantitative estimate of drug-likeness (QED) is 0.336. The smallest absolute Gasteiger partial charge is 0.255 e. The van der Waals surface area contributed by atoms with Crippen molar-refractivity contribution >= 4 is 33.4 Å². The van der Waals surface area contributed by atoms with E-state index in [9.17, 15) is 9.90 Å². The molecule has 172 valence electrons. The van der Waals surface area contributed by atoms with E-state index in [1.807, 2.05) is 47.2 Å². The number of H-pyrrole nitrogens is 1. The highest BCUT2D eigenvalue weighted by Crippen LogP contribution is 2.31. The Balaban J connectivity index is 1.47. The van der Waals surface area contributed by atoms with E-state index in [2.05, 4.69) is 21.6 Å². The maximum atomic E-state index is 12.9. The molecule has 0 spiro atoms. The summed E-state index contributed by atoms with van der Waals surface area (Å²) in [5.41, 5.74) is 4.76. The molecule has 0 aliphatic heterocycles. The van der Waals surface area contributed by atoms with Crippen molar-refractivity contribution in [2.45, 2.75) is 6.54 Å². The molecule has 0 saturated heterocycles. The molecule has 2 aromatic heterocycles. The predicted octanol–water partition coefficient (Wildman–Crippen LogP) is 4.45. The summed E-state index contributed by atoms with van der Waals surface area (Å²) in [4.78, 5) is 12.9. The minimum absolute atomic E-state index is 0.0899. The van der Waals surface area contributed by atoms with Crippen molar-refractivity contribution in [2.24, 2.45) is 0 Å². The van der Waals surface area contributed by atoms with Crippen molar-refractivity contribution in [2.75, 3.05) is 26.1 Å². The van der Waals surface area contributed by atoms with Crippen LogP contribution in [0.1, 0.15) is 10.4 Å². The fourth-order valence-corrected chi connectivity index (χ4v) is 4.10. The molecule has 3 N–H and O–H groups in total. The molecule has 0 unspecified atom stereocenters. The van der Waals surface area contributed by atoms with Crippen molar-refractivity contribution in [3.8, 4) is 22.8 Å². The van der Waals surface area contributed by atoms with Crippen molar-refractivity contribution < 1.29 is 19.4 Å². The molecular formula is C26H24N4O4. The van der Waals surface area contributed by atoms with Crippen LogP contribution in [0.4, 0.5) is 5.69 Å². The average molecular weight is 457 g/mol. The third kappa shape index (κ3) is 3.95. The molecule has 0 saturated carbocycles. The van der Waals surface area contributed by atoms with Crippen LogP contribution in [-0.4, -0.2) is 46.6 Å². The molecule has 5 aromatic rings. The van der Waals surface area contributed by atoms with Crippen LogP contribution in [-0.2, 0) is 6.54 Å². The van der Waals surface area contributed by atoms with E-state index >= 15 is 0 Å². The van der Waals surface area contributed by atoms with Gasteiger partial charge in [-0.05, 0) is 48.5 Å². The van der Waals surface area contributed by atoms with Crippen LogP contribution in [0.5, 0.6) is 11.5 Å². The predicted molar refractivity (Wildman–Crippen MR) is 132 cm³/mol. The van der Waals surface area contributed by atoms with Crippen molar-refractivity contribution in [1.29, 1.82) is 0 Å². The van der Waals surface area contributed by atoms with Crippen LogP contribution >= 0.6 is 0 Å². The number of hydrogen-bond donors (Lipinski definition) is 3. The third-order valence-electron chi connectivity index (χ3n) is 5.82. The molecule has 5 rings (SSSR count). The summed E-state index contributed by atoms with van der Waals surface area (Å²) in [7, 11) is 3.09. The normalized spacial score (nSPS) is 11.1. The van der Waals surface area contributed by atoms with Crippen molar-refractivity contribution in [1.82, 2.24) is 14.8 Å². The number of nitrogens with zero attached hydrogens (tertiary/aromatic N) is 2. The van der Waals surface area contributed by atoms with Crippen molar-refractivity contribution in [3.05, 3.63) is 72.4 Å². The van der Waals surface area contributed by atoms with Gasteiger partial charge in [0.15, 0.2) is 0 Å². The zero-order valence-corrected chi connectivity index (χ0v) is 18.8. The van der Waals surface area contributed by atoms with Gasteiger partial charge in [-0.2, -0.15) is 5.10 Å². The minimum Gasteiger partial charge on any atom is -0.497 e. The summed E-state index contributed by atoms with van der Waals surface area (Å²) >= 11 is 0. The number of benzene rings is 3. The number of anilines is 1. The fraction of sp³-hybridized carbons (Fsp3) is 0.154. The van der Waals surface area contributed by atoms with Crippen LogP contribution in [0.25, 0.3) is 33.1 Å². The van der Waals surface area contributed by atoms with Gasteiger partial charge in [0.2, 0.25) is 0 Å². The summed E-state index contributed by atoms with van der Waals surface area (Å²) in [6.07, 6.45) is 1.97. The summed E-state index contributed by atoms with van der Waals surface area (Å²) in [6.45, 7) is 0.642. The molecular weight excluding hydrogens is 432 g/mol. The molecule has 2 heterocycles. The van der Waals surface area contributed by atoms with Crippen LogP contribution < -0.4 is 14.8 Å². The number of carbonyl (C=O) groups excluding carboxylic acids is 1. The summed E-state index contributed by atoms with van der Waals surface area (Å²) in [5, 5.41) is 21.8. The number of rotatable bonds is 7. The van der Waals surface area contributed by atoms with Gasteiger partial charge in [0.05, 0.1) is 32.0 Å². The lowest BCUT2D eigenvalue weighted by Crippen LogP contribution is -2.12. The second-order valence-electron chi connectivity index (χ2n) is 7.89. The number of fused-ring (bicyclic) bond motifs is 2. The number of carbonyl (C=O) groups is 1. The zero-order valence-electron chi connectivity index (χ0n) is 18.8. The van der Waals surface area contributed by atoms with Crippen LogP contribution in [0.15, 0.2) is 66.9 Å². The maximum absolute atomic E-state index is 12.9. The van der Waals surface area contributed by atoms with Gasteiger partial charge >= 0.3 is 0 Å². The monoisotopic (exact) mass is 456 g/mol. The summed E-state index contributed by atoms with van der Waals surface area (Å²) in [5.74, 6) is 0.814. The van der Waals surface area contributed by atoms with Crippen LogP contribution in [0.3, 0.4) is 0 Å². The van der Waals surface area contributed by atoms with E-state index in [-0.39, 0.29) is 12.5 Å². The highest BCUT2D eigenvalue weighted by molar-refractivity contribution is 6.06. The fourth-order valence-electron chi connectivity index (χ4n) is 4.10. The van der Waals surface area contributed by atoms with E-state index in [0.29, 0.717) is 29.3 Å². The van der Waals surface area contributed by atoms with E-state index in [4.69, 9.17) is 9.47 Å². The van der Waals surface area contributed by atoms with Crippen molar-refractivity contribution in [3.63, 3.8) is 0 Å². The van der Waals surface area contributed by atoms with Gasteiger partial charge in [0.25, 0.3) is 5.91 Å². The minimum atomic E-state index is -0.270. The maximum Gasteiger partial charge on any atom is 0.255 e. The number of ether oxygens (including phenoxy) is 2. The molecule has 0 fully saturated rings. The first-order valence-corrected chi connectivity index (χ1v) is 10.8. The molecule has 0 aliphatic carbocycles. The lowest BCUT2D eigenvalue weighted by molar-refractivity contribution is 0.102. The second kappa shape index (κ2) is 8.92. The lowest BCUT2D eigenvalue weighted by Gasteiger charge is -2.09. The zero-order chi connectivity index (χ0) is 23.7. The first kappa shape index (κ1) is 21.5. The molecule has 34 heavy (non-hydrogen) atoms. The lowest BCUT2D eigenvalue weighted by atomic mass is 10.1. The molecule has 0 bridgehead atoms. The van der Waals surface area contributed by atoms with E-state index < -0.39 is 0 Å². The molecule has 8 nitrogen and oxygen atoms in total. The van der Waals surface area contributed by atoms with Gasteiger partial charge in [-0.3, -0.25) is 9.89 Å². The van der Waals surface area contributed by atoms with Gasteiger partial charge in [0, 0.05) is 51.9 Å². The SMILES string of the molecule is COc1cc(OC)cc(C(=O)Nc2ccc3[nH]nc(-c4ccc5c(ccn5CCO)c4)c3c2)c1. The number of nitrogens with one attached hydrogen (secondary N) is 2. The topological polar surface area (TPSA) is 101 Å². The average Bonchev–Trinajstić information content (AvgIpc) is 3.47. The highest BCUT2D eigenvalue weighted by Gasteiger charge is 2.14. The molecule has 8 heteroatoms. The van der Waals surface area contributed by atoms with Crippen LogP contribution in [0, 0.1) is 0 Å².